The molecule has 1 unspecified atom stereocenters. The fraction of sp³-hybridized carbons (Fsp3) is 0.786. The molecule has 1 fully saturated rings. The van der Waals surface area contributed by atoms with E-state index in [9.17, 15) is 19.5 Å². The zero-order valence-electron chi connectivity index (χ0n) is 12.5. The predicted octanol–water partition coefficient (Wildman–Crippen LogP) is 1.37. The average Bonchev–Trinajstić information content (AvgIpc) is 2.69. The van der Waals surface area contributed by atoms with Gasteiger partial charge in [0.05, 0.1) is 6.61 Å². The lowest BCUT2D eigenvalue weighted by atomic mass is 10.1. The van der Waals surface area contributed by atoms with Crippen LogP contribution in [0.3, 0.4) is 0 Å². The molecule has 1 aliphatic rings. The van der Waals surface area contributed by atoms with Gasteiger partial charge in [-0.2, -0.15) is 0 Å². The minimum atomic E-state index is -0.960. The highest BCUT2D eigenvalue weighted by Crippen LogP contribution is 2.17. The molecule has 0 radical (unpaired) electrons. The number of rotatable bonds is 6. The summed E-state index contributed by atoms with van der Waals surface area (Å²) >= 11 is 0. The van der Waals surface area contributed by atoms with Crippen molar-refractivity contribution in [2.24, 2.45) is 0 Å². The van der Waals surface area contributed by atoms with E-state index in [0.717, 1.165) is 19.3 Å². The number of carboxylic acids is 1. The summed E-state index contributed by atoms with van der Waals surface area (Å²) in [5.41, 5.74) is 0. The molecule has 0 saturated carbocycles. The summed E-state index contributed by atoms with van der Waals surface area (Å²) in [6.45, 7) is 2.88. The van der Waals surface area contributed by atoms with E-state index in [2.05, 4.69) is 5.32 Å². The molecule has 120 valence electrons. The van der Waals surface area contributed by atoms with E-state index in [0.29, 0.717) is 32.5 Å². The molecule has 1 rings (SSSR count). The van der Waals surface area contributed by atoms with Crippen LogP contribution in [-0.2, 0) is 14.3 Å². The van der Waals surface area contributed by atoms with Gasteiger partial charge in [-0.3, -0.25) is 4.79 Å². The minimum absolute atomic E-state index is 0.247. The van der Waals surface area contributed by atoms with Gasteiger partial charge in [0.2, 0.25) is 0 Å². The van der Waals surface area contributed by atoms with Gasteiger partial charge in [-0.1, -0.05) is 12.8 Å². The van der Waals surface area contributed by atoms with E-state index < -0.39 is 12.0 Å². The van der Waals surface area contributed by atoms with Crippen molar-refractivity contribution in [3.8, 4) is 0 Å². The molecule has 0 aromatic carbocycles. The Kier molecular flexibility index (Phi) is 7.56. The monoisotopic (exact) mass is 300 g/mol. The molecule has 2 amide bonds. The summed E-state index contributed by atoms with van der Waals surface area (Å²) in [6, 6.07) is -1.12. The van der Waals surface area contributed by atoms with Crippen molar-refractivity contribution < 1.29 is 24.2 Å². The Balaban J connectivity index is 2.38. The Morgan fingerprint density at radius 1 is 1.29 bits per heavy atom. The van der Waals surface area contributed by atoms with E-state index in [-0.39, 0.29) is 18.4 Å². The lowest BCUT2D eigenvalue weighted by Crippen LogP contribution is -2.49. The second-order valence-electron chi connectivity index (χ2n) is 5.04. The molecule has 1 saturated heterocycles. The van der Waals surface area contributed by atoms with Gasteiger partial charge in [0.1, 0.15) is 6.04 Å². The highest BCUT2D eigenvalue weighted by atomic mass is 16.5. The van der Waals surface area contributed by atoms with Crippen LogP contribution in [0.1, 0.15) is 45.4 Å². The summed E-state index contributed by atoms with van der Waals surface area (Å²) in [7, 11) is 0. The molecular weight excluding hydrogens is 276 g/mol. The maximum Gasteiger partial charge on any atom is 0.326 e. The van der Waals surface area contributed by atoms with E-state index in [4.69, 9.17) is 4.74 Å². The number of carbonyl (C=O) groups is 3. The highest BCUT2D eigenvalue weighted by Gasteiger charge is 2.30. The van der Waals surface area contributed by atoms with E-state index in [1.165, 1.54) is 4.90 Å². The smallest absolute Gasteiger partial charge is 0.326 e. The van der Waals surface area contributed by atoms with Gasteiger partial charge in [-0.15, -0.1) is 0 Å². The Hall–Kier alpha value is -1.79. The summed E-state index contributed by atoms with van der Waals surface area (Å²) < 4.78 is 4.79. The van der Waals surface area contributed by atoms with Gasteiger partial charge in [-0.05, 0) is 26.2 Å². The lowest BCUT2D eigenvalue weighted by Gasteiger charge is -2.27. The third-order valence-electron chi connectivity index (χ3n) is 3.44. The molecule has 7 nitrogen and oxygen atoms in total. The Labute approximate surface area is 124 Å². The summed E-state index contributed by atoms with van der Waals surface area (Å²) in [5.74, 6) is -1.25. The van der Waals surface area contributed by atoms with Crippen molar-refractivity contribution in [1.82, 2.24) is 10.2 Å². The predicted molar refractivity (Wildman–Crippen MR) is 75.9 cm³/mol. The van der Waals surface area contributed by atoms with Crippen LogP contribution in [0, 0.1) is 0 Å². The van der Waals surface area contributed by atoms with Crippen LogP contribution < -0.4 is 5.32 Å². The number of nitrogens with one attached hydrogen (secondary N) is 1. The average molecular weight is 300 g/mol. The van der Waals surface area contributed by atoms with Crippen LogP contribution in [-0.4, -0.2) is 53.7 Å². The van der Waals surface area contributed by atoms with Crippen molar-refractivity contribution >= 4 is 18.0 Å². The number of amides is 2. The number of likely N-dealkylation sites (tertiary alicyclic amines) is 1. The third kappa shape index (κ3) is 6.01. The van der Waals surface area contributed by atoms with Crippen LogP contribution in [0.5, 0.6) is 0 Å². The molecular formula is C14H24N2O5. The van der Waals surface area contributed by atoms with Gasteiger partial charge in [0.15, 0.2) is 0 Å². The molecule has 1 heterocycles. The number of esters is 1. The molecule has 1 aliphatic heterocycles. The zero-order chi connectivity index (χ0) is 15.7. The van der Waals surface area contributed by atoms with Gasteiger partial charge in [0, 0.05) is 19.5 Å². The van der Waals surface area contributed by atoms with Crippen LogP contribution in [0.2, 0.25) is 0 Å². The Morgan fingerprint density at radius 3 is 2.71 bits per heavy atom. The van der Waals surface area contributed by atoms with Crippen molar-refractivity contribution in [2.75, 3.05) is 19.7 Å². The quantitative estimate of drug-likeness (QED) is 0.570. The van der Waals surface area contributed by atoms with Crippen molar-refractivity contribution in [2.45, 2.75) is 51.5 Å². The Bertz CT molecular complexity index is 372. The summed E-state index contributed by atoms with van der Waals surface area (Å²) in [6.07, 6.45) is 3.80. The first-order valence-corrected chi connectivity index (χ1v) is 7.49. The summed E-state index contributed by atoms with van der Waals surface area (Å²) in [4.78, 5) is 35.8. The number of urea groups is 1. The second-order valence-corrected chi connectivity index (χ2v) is 5.04. The minimum Gasteiger partial charge on any atom is -0.480 e. The van der Waals surface area contributed by atoms with Crippen molar-refractivity contribution in [3.63, 3.8) is 0 Å². The maximum atomic E-state index is 12.1. The zero-order valence-corrected chi connectivity index (χ0v) is 12.5. The molecule has 0 bridgehead atoms. The maximum absolute atomic E-state index is 12.1. The van der Waals surface area contributed by atoms with E-state index >= 15 is 0 Å². The topological polar surface area (TPSA) is 95.9 Å². The van der Waals surface area contributed by atoms with Crippen LogP contribution in [0.25, 0.3) is 0 Å². The molecule has 7 heteroatoms. The normalized spacial score (nSPS) is 18.7. The fourth-order valence-corrected chi connectivity index (χ4v) is 2.37. The molecule has 1 atom stereocenters. The SMILES string of the molecule is CCOC(=O)CCCNC(=O)N1CCCCCC1C(=O)O. The molecule has 0 spiro atoms. The van der Waals surface area contributed by atoms with Crippen LogP contribution in [0.15, 0.2) is 0 Å². The number of ether oxygens (including phenoxy) is 1. The van der Waals surface area contributed by atoms with Gasteiger partial charge < -0.3 is 20.1 Å². The standard InChI is InChI=1S/C14H24N2O5/c1-2-21-12(17)8-6-9-15-14(20)16-10-5-3-4-7-11(16)13(18)19/h11H,2-10H2,1H3,(H,15,20)(H,18,19). The highest BCUT2D eigenvalue weighted by molar-refractivity contribution is 5.82. The molecule has 21 heavy (non-hydrogen) atoms. The van der Waals surface area contributed by atoms with Crippen LogP contribution in [0.4, 0.5) is 4.79 Å². The third-order valence-corrected chi connectivity index (χ3v) is 3.44. The molecule has 0 aromatic rings. The van der Waals surface area contributed by atoms with E-state index in [1.54, 1.807) is 6.92 Å². The summed E-state index contributed by atoms with van der Waals surface area (Å²) in [5, 5.41) is 11.9. The van der Waals surface area contributed by atoms with Gasteiger partial charge in [-0.25, -0.2) is 9.59 Å². The second kappa shape index (κ2) is 9.20. The number of hydrogen-bond donors (Lipinski definition) is 2. The first-order chi connectivity index (χ1) is 10.1. The molecule has 0 aliphatic carbocycles. The van der Waals surface area contributed by atoms with Crippen molar-refractivity contribution in [3.05, 3.63) is 0 Å². The number of aliphatic carboxylic acids is 1. The number of nitrogens with zero attached hydrogens (tertiary/aromatic N) is 1. The van der Waals surface area contributed by atoms with Gasteiger partial charge in [0.25, 0.3) is 0 Å². The first kappa shape index (κ1) is 17.3. The van der Waals surface area contributed by atoms with E-state index in [1.807, 2.05) is 0 Å². The van der Waals surface area contributed by atoms with Crippen LogP contribution >= 0.6 is 0 Å². The number of carboxylic acid groups (broad SMARTS) is 1. The first-order valence-electron chi connectivity index (χ1n) is 7.49. The lowest BCUT2D eigenvalue weighted by molar-refractivity contribution is -0.143. The Morgan fingerprint density at radius 2 is 2.05 bits per heavy atom. The number of carbonyl (C=O) groups excluding carboxylic acids is 2. The van der Waals surface area contributed by atoms with Gasteiger partial charge >= 0.3 is 18.0 Å². The fourth-order valence-electron chi connectivity index (χ4n) is 2.37. The molecule has 0 aromatic heterocycles. The van der Waals surface area contributed by atoms with Crippen molar-refractivity contribution in [1.29, 1.82) is 0 Å². The molecule has 2 N–H and O–H groups in total. The largest absolute Gasteiger partial charge is 0.480 e. The number of hydrogen-bond acceptors (Lipinski definition) is 4.